The Morgan fingerprint density at radius 1 is 1.28 bits per heavy atom. The Balaban J connectivity index is 1.23. The smallest absolute Gasteiger partial charge is 0.220 e. The third-order valence-electron chi connectivity index (χ3n) is 5.04. The second-order valence-electron chi connectivity index (χ2n) is 7.05. The Bertz CT molecular complexity index is 523. The van der Waals surface area contributed by atoms with Gasteiger partial charge in [0.2, 0.25) is 5.91 Å². The first-order chi connectivity index (χ1) is 12.3. The largest absolute Gasteiger partial charge is 0.377 e. The van der Waals surface area contributed by atoms with Gasteiger partial charge in [0, 0.05) is 32.2 Å². The second-order valence-corrected chi connectivity index (χ2v) is 7.05. The lowest BCUT2D eigenvalue weighted by molar-refractivity contribution is -0.123. The van der Waals surface area contributed by atoms with Crippen molar-refractivity contribution in [2.45, 2.75) is 50.9 Å². The maximum Gasteiger partial charge on any atom is 0.220 e. The maximum atomic E-state index is 12.0. The average Bonchev–Trinajstić information content (AvgIpc) is 2.67. The van der Waals surface area contributed by atoms with Crippen LogP contribution in [0.2, 0.25) is 0 Å². The summed E-state index contributed by atoms with van der Waals surface area (Å²) in [6.07, 6.45) is 5.25. The molecule has 138 valence electrons. The van der Waals surface area contributed by atoms with E-state index in [1.807, 2.05) is 30.3 Å². The lowest BCUT2D eigenvalue weighted by Gasteiger charge is -2.42. The van der Waals surface area contributed by atoms with E-state index in [0.717, 1.165) is 25.1 Å². The number of hydrogen-bond acceptors (Lipinski definition) is 4. The van der Waals surface area contributed by atoms with Crippen molar-refractivity contribution >= 4 is 5.91 Å². The monoisotopic (exact) mass is 346 g/mol. The van der Waals surface area contributed by atoms with E-state index in [4.69, 9.17) is 9.47 Å². The van der Waals surface area contributed by atoms with E-state index in [9.17, 15) is 4.79 Å². The Morgan fingerprint density at radius 3 is 3.04 bits per heavy atom. The number of piperidine rings is 1. The van der Waals surface area contributed by atoms with Gasteiger partial charge in [-0.1, -0.05) is 36.8 Å². The van der Waals surface area contributed by atoms with Gasteiger partial charge in [-0.15, -0.1) is 0 Å². The lowest BCUT2D eigenvalue weighted by atomic mass is 10.0. The van der Waals surface area contributed by atoms with Crippen molar-refractivity contribution in [2.75, 3.05) is 32.8 Å². The van der Waals surface area contributed by atoms with Crippen LogP contribution in [0.1, 0.15) is 37.7 Å². The van der Waals surface area contributed by atoms with Crippen LogP contribution in [0.25, 0.3) is 0 Å². The third kappa shape index (κ3) is 6.10. The molecule has 0 saturated carbocycles. The molecule has 5 nitrogen and oxygen atoms in total. The molecule has 5 heteroatoms. The molecule has 2 heterocycles. The van der Waals surface area contributed by atoms with Gasteiger partial charge in [-0.25, -0.2) is 0 Å². The van der Waals surface area contributed by atoms with Crippen LogP contribution in [-0.4, -0.2) is 55.8 Å². The summed E-state index contributed by atoms with van der Waals surface area (Å²) in [5, 5.41) is 3.01. The number of ether oxygens (including phenoxy) is 2. The number of fused-ring (bicyclic) bond motifs is 1. The number of carbonyl (C=O) groups is 1. The van der Waals surface area contributed by atoms with Crippen molar-refractivity contribution in [3.8, 4) is 0 Å². The van der Waals surface area contributed by atoms with Crippen LogP contribution in [0.5, 0.6) is 0 Å². The Labute approximate surface area is 150 Å². The topological polar surface area (TPSA) is 50.8 Å². The molecular formula is C20H30N2O3. The molecule has 2 saturated heterocycles. The molecular weight excluding hydrogens is 316 g/mol. The molecule has 3 rings (SSSR count). The summed E-state index contributed by atoms with van der Waals surface area (Å²) >= 11 is 0. The van der Waals surface area contributed by atoms with E-state index in [-0.39, 0.29) is 12.0 Å². The summed E-state index contributed by atoms with van der Waals surface area (Å²) in [5.41, 5.74) is 1.16. The standard InChI is InChI=1S/C20H30N2O3/c23-20(10-6-12-24-15-17-7-2-1-3-8-17)21-13-19-14-22-11-5-4-9-18(22)16-25-19/h1-3,7-8,18-19H,4-6,9-16H2,(H,21,23)/t18-,19-/m0/s1. The first kappa shape index (κ1) is 18.4. The second kappa shape index (κ2) is 9.90. The maximum absolute atomic E-state index is 12.0. The zero-order valence-electron chi connectivity index (χ0n) is 15.0. The normalized spacial score (nSPS) is 23.8. The van der Waals surface area contributed by atoms with Gasteiger partial charge in [-0.3, -0.25) is 9.69 Å². The fourth-order valence-electron chi connectivity index (χ4n) is 3.59. The lowest BCUT2D eigenvalue weighted by Crippen LogP contribution is -2.54. The van der Waals surface area contributed by atoms with Crippen molar-refractivity contribution in [1.29, 1.82) is 0 Å². The highest BCUT2D eigenvalue weighted by atomic mass is 16.5. The quantitative estimate of drug-likeness (QED) is 0.734. The van der Waals surface area contributed by atoms with Crippen LogP contribution < -0.4 is 5.32 Å². The summed E-state index contributed by atoms with van der Waals surface area (Å²) in [6.45, 7) is 4.77. The molecule has 1 aromatic rings. The number of nitrogens with zero attached hydrogens (tertiary/aromatic N) is 1. The van der Waals surface area contributed by atoms with Gasteiger partial charge in [-0.05, 0) is 31.4 Å². The molecule has 0 unspecified atom stereocenters. The van der Waals surface area contributed by atoms with Gasteiger partial charge < -0.3 is 14.8 Å². The molecule has 0 spiro atoms. The van der Waals surface area contributed by atoms with Gasteiger partial charge in [0.25, 0.3) is 0 Å². The number of benzene rings is 1. The van der Waals surface area contributed by atoms with Gasteiger partial charge in [0.05, 0.1) is 19.3 Å². The molecule has 1 N–H and O–H groups in total. The average molecular weight is 346 g/mol. The predicted molar refractivity (Wildman–Crippen MR) is 97.3 cm³/mol. The van der Waals surface area contributed by atoms with Crippen molar-refractivity contribution in [2.24, 2.45) is 0 Å². The number of amides is 1. The molecule has 25 heavy (non-hydrogen) atoms. The van der Waals surface area contributed by atoms with E-state index < -0.39 is 0 Å². The summed E-state index contributed by atoms with van der Waals surface area (Å²) in [6, 6.07) is 10.7. The fourth-order valence-corrected chi connectivity index (χ4v) is 3.59. The highest BCUT2D eigenvalue weighted by Crippen LogP contribution is 2.21. The fraction of sp³-hybridized carbons (Fsp3) is 0.650. The molecule has 1 amide bonds. The van der Waals surface area contributed by atoms with Crippen LogP contribution in [0.3, 0.4) is 0 Å². The molecule has 0 aromatic heterocycles. The number of hydrogen-bond donors (Lipinski definition) is 1. The predicted octanol–water partition coefficient (Wildman–Crippen LogP) is 2.35. The number of morpholine rings is 1. The molecule has 2 aliphatic rings. The summed E-state index contributed by atoms with van der Waals surface area (Å²) < 4.78 is 11.5. The minimum absolute atomic E-state index is 0.0904. The molecule has 0 bridgehead atoms. The van der Waals surface area contributed by atoms with Gasteiger partial charge >= 0.3 is 0 Å². The Kier molecular flexibility index (Phi) is 7.27. The summed E-state index contributed by atoms with van der Waals surface area (Å²) in [4.78, 5) is 14.5. The van der Waals surface area contributed by atoms with Gasteiger partial charge in [0.1, 0.15) is 0 Å². The van der Waals surface area contributed by atoms with Crippen LogP contribution in [0.4, 0.5) is 0 Å². The van der Waals surface area contributed by atoms with E-state index >= 15 is 0 Å². The Hall–Kier alpha value is -1.43. The molecule has 0 aliphatic carbocycles. The van der Waals surface area contributed by atoms with Crippen molar-refractivity contribution < 1.29 is 14.3 Å². The summed E-state index contributed by atoms with van der Waals surface area (Å²) in [7, 11) is 0. The van der Waals surface area contributed by atoms with Crippen molar-refractivity contribution in [1.82, 2.24) is 10.2 Å². The molecule has 1 aromatic carbocycles. The Morgan fingerprint density at radius 2 is 2.16 bits per heavy atom. The molecule has 2 atom stereocenters. The van der Waals surface area contributed by atoms with Crippen LogP contribution in [-0.2, 0) is 20.9 Å². The highest BCUT2D eigenvalue weighted by Gasteiger charge is 2.30. The molecule has 2 fully saturated rings. The minimum Gasteiger partial charge on any atom is -0.377 e. The van der Waals surface area contributed by atoms with E-state index in [1.165, 1.54) is 25.8 Å². The van der Waals surface area contributed by atoms with E-state index in [0.29, 0.717) is 32.2 Å². The summed E-state index contributed by atoms with van der Waals surface area (Å²) in [5.74, 6) is 0.0904. The zero-order valence-corrected chi connectivity index (χ0v) is 15.0. The molecule has 2 aliphatic heterocycles. The van der Waals surface area contributed by atoms with Crippen LogP contribution in [0, 0.1) is 0 Å². The first-order valence-corrected chi connectivity index (χ1v) is 9.55. The molecule has 0 radical (unpaired) electrons. The van der Waals surface area contributed by atoms with Crippen molar-refractivity contribution in [3.63, 3.8) is 0 Å². The third-order valence-corrected chi connectivity index (χ3v) is 5.04. The zero-order chi connectivity index (χ0) is 17.3. The van der Waals surface area contributed by atoms with E-state index in [1.54, 1.807) is 0 Å². The van der Waals surface area contributed by atoms with Crippen molar-refractivity contribution in [3.05, 3.63) is 35.9 Å². The number of carbonyl (C=O) groups excluding carboxylic acids is 1. The SMILES string of the molecule is O=C(CCCOCc1ccccc1)NC[C@H]1CN2CCCC[C@H]2CO1. The van der Waals surface area contributed by atoms with Gasteiger partial charge in [0.15, 0.2) is 0 Å². The van der Waals surface area contributed by atoms with Gasteiger partial charge in [-0.2, -0.15) is 0 Å². The van der Waals surface area contributed by atoms with E-state index in [2.05, 4.69) is 10.2 Å². The first-order valence-electron chi connectivity index (χ1n) is 9.55. The van der Waals surface area contributed by atoms with Crippen LogP contribution >= 0.6 is 0 Å². The number of nitrogens with one attached hydrogen (secondary N) is 1. The van der Waals surface area contributed by atoms with Crippen LogP contribution in [0.15, 0.2) is 30.3 Å². The minimum atomic E-state index is 0.0904. The number of rotatable bonds is 8. The highest BCUT2D eigenvalue weighted by molar-refractivity contribution is 5.75.